The maximum absolute atomic E-state index is 11.8. The molecule has 1 amide bonds. The number of carbonyl (C=O) groups is 1. The quantitative estimate of drug-likeness (QED) is 0.782. The summed E-state index contributed by atoms with van der Waals surface area (Å²) in [6.07, 6.45) is 4.92. The fourth-order valence-electron chi connectivity index (χ4n) is 2.24. The van der Waals surface area contributed by atoms with Gasteiger partial charge in [-0.1, -0.05) is 0 Å². The van der Waals surface area contributed by atoms with Crippen LogP contribution >= 0.6 is 0 Å². The van der Waals surface area contributed by atoms with Crippen LogP contribution in [0.1, 0.15) is 19.3 Å². The first-order valence-electron chi connectivity index (χ1n) is 5.80. The molecular formula is C11H18N4O2. The molecule has 6 nitrogen and oxygen atoms in total. The van der Waals surface area contributed by atoms with E-state index >= 15 is 0 Å². The molecule has 1 aromatic heterocycles. The molecule has 0 bridgehead atoms. The maximum atomic E-state index is 11.8. The number of aromatic nitrogens is 2. The number of hydrogen-bond acceptors (Lipinski definition) is 4. The minimum absolute atomic E-state index is 0.0537. The molecule has 17 heavy (non-hydrogen) atoms. The van der Waals surface area contributed by atoms with Gasteiger partial charge in [0.15, 0.2) is 0 Å². The van der Waals surface area contributed by atoms with Gasteiger partial charge >= 0.3 is 0 Å². The molecule has 6 heteroatoms. The summed E-state index contributed by atoms with van der Waals surface area (Å²) in [6, 6.07) is 1.79. The molecule has 0 spiro atoms. The standard InChI is InChI=1S/C11H18N4O2/c1-17-9-4-2-3-8(9)13-11(16)7-15-6-5-10(12)14-15/h5-6,8-9H,2-4,7H2,1H3,(H2,12,14)(H,13,16). The van der Waals surface area contributed by atoms with E-state index < -0.39 is 0 Å². The van der Waals surface area contributed by atoms with Crippen LogP contribution in [0.5, 0.6) is 0 Å². The summed E-state index contributed by atoms with van der Waals surface area (Å²) in [5.74, 6) is 0.371. The number of amides is 1. The molecule has 94 valence electrons. The molecule has 0 aliphatic heterocycles. The van der Waals surface area contributed by atoms with Gasteiger partial charge in [0.2, 0.25) is 5.91 Å². The summed E-state index contributed by atoms with van der Waals surface area (Å²) in [5.41, 5.74) is 5.48. The van der Waals surface area contributed by atoms with E-state index in [0.717, 1.165) is 19.3 Å². The predicted molar refractivity (Wildman–Crippen MR) is 63.2 cm³/mol. The number of hydrogen-bond donors (Lipinski definition) is 2. The third-order valence-electron chi connectivity index (χ3n) is 3.07. The minimum atomic E-state index is -0.0537. The van der Waals surface area contributed by atoms with Crippen molar-refractivity contribution in [1.29, 1.82) is 0 Å². The van der Waals surface area contributed by atoms with Crippen molar-refractivity contribution in [2.75, 3.05) is 12.8 Å². The monoisotopic (exact) mass is 238 g/mol. The fraction of sp³-hybridized carbons (Fsp3) is 0.636. The number of rotatable bonds is 4. The highest BCUT2D eigenvalue weighted by molar-refractivity contribution is 5.76. The lowest BCUT2D eigenvalue weighted by molar-refractivity contribution is -0.123. The van der Waals surface area contributed by atoms with Crippen LogP contribution in [-0.4, -0.2) is 34.9 Å². The first-order chi connectivity index (χ1) is 8.19. The number of nitrogens with zero attached hydrogens (tertiary/aromatic N) is 2. The zero-order chi connectivity index (χ0) is 12.3. The molecule has 1 aliphatic rings. The molecule has 0 saturated heterocycles. The molecule has 2 rings (SSSR count). The SMILES string of the molecule is COC1CCCC1NC(=O)Cn1ccc(N)n1. The maximum Gasteiger partial charge on any atom is 0.242 e. The summed E-state index contributed by atoms with van der Waals surface area (Å²) in [4.78, 5) is 11.8. The molecule has 1 fully saturated rings. The van der Waals surface area contributed by atoms with E-state index in [1.54, 1.807) is 19.4 Å². The van der Waals surface area contributed by atoms with Crippen molar-refractivity contribution < 1.29 is 9.53 Å². The van der Waals surface area contributed by atoms with E-state index in [0.29, 0.717) is 5.82 Å². The van der Waals surface area contributed by atoms with Crippen LogP contribution in [-0.2, 0) is 16.1 Å². The minimum Gasteiger partial charge on any atom is -0.382 e. The number of carbonyl (C=O) groups excluding carboxylic acids is 1. The van der Waals surface area contributed by atoms with Crippen molar-refractivity contribution in [1.82, 2.24) is 15.1 Å². The van der Waals surface area contributed by atoms with Crippen molar-refractivity contribution in [3.05, 3.63) is 12.3 Å². The van der Waals surface area contributed by atoms with Crippen LogP contribution in [0.4, 0.5) is 5.82 Å². The molecule has 1 aromatic rings. The van der Waals surface area contributed by atoms with E-state index in [1.165, 1.54) is 4.68 Å². The Morgan fingerprint density at radius 3 is 3.18 bits per heavy atom. The summed E-state index contributed by atoms with van der Waals surface area (Å²) in [6.45, 7) is 0.199. The zero-order valence-corrected chi connectivity index (χ0v) is 9.93. The second-order valence-corrected chi connectivity index (χ2v) is 4.32. The van der Waals surface area contributed by atoms with E-state index in [4.69, 9.17) is 10.5 Å². The van der Waals surface area contributed by atoms with Gasteiger partial charge in [0.1, 0.15) is 12.4 Å². The third kappa shape index (κ3) is 2.97. The molecule has 2 unspecified atom stereocenters. The highest BCUT2D eigenvalue weighted by atomic mass is 16.5. The molecule has 1 heterocycles. The molecule has 0 aromatic carbocycles. The van der Waals surface area contributed by atoms with Crippen molar-refractivity contribution in [3.63, 3.8) is 0 Å². The Hall–Kier alpha value is -1.56. The Labute approximate surface area is 100 Å². The number of methoxy groups -OCH3 is 1. The Morgan fingerprint density at radius 1 is 1.71 bits per heavy atom. The van der Waals surface area contributed by atoms with Crippen molar-refractivity contribution in [3.8, 4) is 0 Å². The zero-order valence-electron chi connectivity index (χ0n) is 9.93. The van der Waals surface area contributed by atoms with Gasteiger partial charge in [-0.2, -0.15) is 5.10 Å². The lowest BCUT2D eigenvalue weighted by Gasteiger charge is -2.19. The number of nitrogens with two attached hydrogens (primary N) is 1. The summed E-state index contributed by atoms with van der Waals surface area (Å²) in [5, 5.41) is 6.94. The van der Waals surface area contributed by atoms with Crippen LogP contribution in [0.15, 0.2) is 12.3 Å². The molecular weight excluding hydrogens is 220 g/mol. The summed E-state index contributed by atoms with van der Waals surface area (Å²) >= 11 is 0. The second kappa shape index (κ2) is 5.18. The van der Waals surface area contributed by atoms with Gasteiger partial charge in [-0.15, -0.1) is 0 Å². The molecule has 3 N–H and O–H groups in total. The van der Waals surface area contributed by atoms with Crippen LogP contribution in [0.2, 0.25) is 0 Å². The second-order valence-electron chi connectivity index (χ2n) is 4.32. The average Bonchev–Trinajstić information content (AvgIpc) is 2.87. The number of nitrogen functional groups attached to an aromatic ring is 1. The fourth-order valence-corrected chi connectivity index (χ4v) is 2.24. The third-order valence-corrected chi connectivity index (χ3v) is 3.07. The Bertz CT molecular complexity index is 391. The summed E-state index contributed by atoms with van der Waals surface area (Å²) in [7, 11) is 1.68. The smallest absolute Gasteiger partial charge is 0.242 e. The Kier molecular flexibility index (Phi) is 3.63. The highest BCUT2D eigenvalue weighted by Crippen LogP contribution is 2.21. The van der Waals surface area contributed by atoms with Gasteiger partial charge in [-0.25, -0.2) is 0 Å². The van der Waals surface area contributed by atoms with Crippen LogP contribution in [0.25, 0.3) is 0 Å². The molecule has 1 saturated carbocycles. The van der Waals surface area contributed by atoms with Gasteiger partial charge in [0.05, 0.1) is 12.1 Å². The Balaban J connectivity index is 1.85. The highest BCUT2D eigenvalue weighted by Gasteiger charge is 2.28. The van der Waals surface area contributed by atoms with E-state index in [9.17, 15) is 4.79 Å². The van der Waals surface area contributed by atoms with E-state index in [1.807, 2.05) is 0 Å². The van der Waals surface area contributed by atoms with Gasteiger partial charge in [-0.3, -0.25) is 9.48 Å². The van der Waals surface area contributed by atoms with E-state index in [-0.39, 0.29) is 24.6 Å². The predicted octanol–water partition coefficient (Wildman–Crippen LogP) is 0.149. The first-order valence-corrected chi connectivity index (χ1v) is 5.80. The van der Waals surface area contributed by atoms with Crippen molar-refractivity contribution in [2.45, 2.75) is 38.0 Å². The summed E-state index contributed by atoms with van der Waals surface area (Å²) < 4.78 is 6.85. The van der Waals surface area contributed by atoms with E-state index in [2.05, 4.69) is 10.4 Å². The average molecular weight is 238 g/mol. The van der Waals surface area contributed by atoms with Crippen LogP contribution in [0.3, 0.4) is 0 Å². The lowest BCUT2D eigenvalue weighted by atomic mass is 10.2. The van der Waals surface area contributed by atoms with Crippen LogP contribution < -0.4 is 11.1 Å². The van der Waals surface area contributed by atoms with Gasteiger partial charge in [0.25, 0.3) is 0 Å². The van der Waals surface area contributed by atoms with Crippen LogP contribution in [0, 0.1) is 0 Å². The Morgan fingerprint density at radius 2 is 2.53 bits per heavy atom. The number of ether oxygens (including phenoxy) is 1. The van der Waals surface area contributed by atoms with Gasteiger partial charge < -0.3 is 15.8 Å². The van der Waals surface area contributed by atoms with Gasteiger partial charge in [-0.05, 0) is 25.3 Å². The number of anilines is 1. The molecule has 1 aliphatic carbocycles. The molecule has 2 atom stereocenters. The van der Waals surface area contributed by atoms with Crippen molar-refractivity contribution >= 4 is 11.7 Å². The largest absolute Gasteiger partial charge is 0.382 e. The number of nitrogens with one attached hydrogen (secondary N) is 1. The molecule has 0 radical (unpaired) electrons. The first kappa shape index (κ1) is 11.9. The normalized spacial score (nSPS) is 23.8. The lowest BCUT2D eigenvalue weighted by Crippen LogP contribution is -2.42. The van der Waals surface area contributed by atoms with Crippen molar-refractivity contribution in [2.24, 2.45) is 0 Å². The van der Waals surface area contributed by atoms with Gasteiger partial charge in [0, 0.05) is 13.3 Å². The topological polar surface area (TPSA) is 82.2 Å².